The normalized spacial score (nSPS) is 28.6. The van der Waals surface area contributed by atoms with Crippen molar-refractivity contribution in [3.63, 3.8) is 0 Å². The average Bonchev–Trinajstić information content (AvgIpc) is 2.94. The Morgan fingerprint density at radius 1 is 1.22 bits per heavy atom. The van der Waals surface area contributed by atoms with Gasteiger partial charge in [-0.3, -0.25) is 0 Å². The van der Waals surface area contributed by atoms with Crippen LogP contribution in [0.3, 0.4) is 0 Å². The number of nitrogens with zero attached hydrogens (tertiary/aromatic N) is 3. The van der Waals surface area contributed by atoms with E-state index in [1.807, 2.05) is 6.92 Å². The van der Waals surface area contributed by atoms with E-state index in [2.05, 4.69) is 32.5 Å². The fourth-order valence-electron chi connectivity index (χ4n) is 3.22. The molecule has 0 aromatic carbocycles. The van der Waals surface area contributed by atoms with Crippen LogP contribution in [-0.4, -0.2) is 35.9 Å². The van der Waals surface area contributed by atoms with Crippen molar-refractivity contribution in [2.75, 3.05) is 24.5 Å². The molecule has 1 N–H and O–H groups in total. The number of rotatable bonds is 2. The van der Waals surface area contributed by atoms with Gasteiger partial charge in [-0.15, -0.1) is 5.10 Å². The van der Waals surface area contributed by atoms with E-state index in [-0.39, 0.29) is 0 Å². The van der Waals surface area contributed by atoms with Gasteiger partial charge in [0.2, 0.25) is 0 Å². The molecule has 98 valence electrons. The molecule has 18 heavy (non-hydrogen) atoms. The summed E-state index contributed by atoms with van der Waals surface area (Å²) in [6.07, 6.45) is 5.31. The lowest BCUT2D eigenvalue weighted by atomic mass is 9.90. The summed E-state index contributed by atoms with van der Waals surface area (Å²) in [6.45, 7) is 5.44. The van der Waals surface area contributed by atoms with E-state index in [9.17, 15) is 0 Å². The molecule has 0 aliphatic carbocycles. The summed E-state index contributed by atoms with van der Waals surface area (Å²) in [6, 6.07) is 4.89. The highest BCUT2D eigenvalue weighted by Gasteiger charge is 2.29. The van der Waals surface area contributed by atoms with Crippen LogP contribution in [0, 0.1) is 12.8 Å². The summed E-state index contributed by atoms with van der Waals surface area (Å²) in [5, 5.41) is 12.1. The van der Waals surface area contributed by atoms with Crippen LogP contribution in [0.4, 0.5) is 5.82 Å². The maximum atomic E-state index is 4.32. The van der Waals surface area contributed by atoms with E-state index in [1.165, 1.54) is 32.2 Å². The molecule has 1 aromatic rings. The third kappa shape index (κ3) is 2.48. The summed E-state index contributed by atoms with van der Waals surface area (Å²) in [7, 11) is 0. The van der Waals surface area contributed by atoms with Crippen molar-refractivity contribution in [3.8, 4) is 0 Å². The van der Waals surface area contributed by atoms with Crippen molar-refractivity contribution >= 4 is 5.82 Å². The molecular formula is C14H22N4. The number of anilines is 1. The maximum absolute atomic E-state index is 4.32. The molecule has 3 heterocycles. The molecule has 0 saturated carbocycles. The first-order valence-electron chi connectivity index (χ1n) is 7.11. The van der Waals surface area contributed by atoms with Gasteiger partial charge in [-0.05, 0) is 57.2 Å². The van der Waals surface area contributed by atoms with Crippen LogP contribution in [-0.2, 0) is 0 Å². The van der Waals surface area contributed by atoms with Crippen LogP contribution in [0.1, 0.15) is 31.4 Å². The van der Waals surface area contributed by atoms with Crippen molar-refractivity contribution < 1.29 is 0 Å². The zero-order valence-corrected chi connectivity index (χ0v) is 11.1. The predicted molar refractivity (Wildman–Crippen MR) is 72.7 cm³/mol. The highest BCUT2D eigenvalue weighted by molar-refractivity contribution is 5.37. The average molecular weight is 246 g/mol. The highest BCUT2D eigenvalue weighted by Crippen LogP contribution is 2.26. The minimum Gasteiger partial charge on any atom is -0.355 e. The fraction of sp³-hybridized carbons (Fsp3) is 0.714. The largest absolute Gasteiger partial charge is 0.355 e. The topological polar surface area (TPSA) is 41.0 Å². The van der Waals surface area contributed by atoms with Crippen molar-refractivity contribution in [3.05, 3.63) is 17.8 Å². The van der Waals surface area contributed by atoms with E-state index >= 15 is 0 Å². The van der Waals surface area contributed by atoms with Crippen molar-refractivity contribution in [2.45, 2.75) is 38.6 Å². The fourth-order valence-corrected chi connectivity index (χ4v) is 3.22. The van der Waals surface area contributed by atoms with Gasteiger partial charge < -0.3 is 10.2 Å². The minimum atomic E-state index is 0.728. The molecule has 4 nitrogen and oxygen atoms in total. The zero-order chi connectivity index (χ0) is 12.4. The van der Waals surface area contributed by atoms with Gasteiger partial charge in [-0.2, -0.15) is 5.10 Å². The molecule has 3 rings (SSSR count). The number of nitrogens with one attached hydrogen (secondary N) is 1. The van der Waals surface area contributed by atoms with E-state index in [0.29, 0.717) is 0 Å². The van der Waals surface area contributed by atoms with Gasteiger partial charge in [0.05, 0.1) is 5.69 Å². The second-order valence-corrected chi connectivity index (χ2v) is 5.58. The molecule has 2 fully saturated rings. The van der Waals surface area contributed by atoms with E-state index in [1.54, 1.807) is 0 Å². The molecule has 1 aromatic heterocycles. The van der Waals surface area contributed by atoms with Gasteiger partial charge in [-0.1, -0.05) is 0 Å². The first kappa shape index (κ1) is 11.9. The lowest BCUT2D eigenvalue weighted by Crippen LogP contribution is -2.43. The summed E-state index contributed by atoms with van der Waals surface area (Å²) in [5.41, 5.74) is 0.991. The number of aromatic nitrogens is 2. The lowest BCUT2D eigenvalue weighted by molar-refractivity contribution is 0.327. The van der Waals surface area contributed by atoms with Crippen LogP contribution >= 0.6 is 0 Å². The first-order valence-corrected chi connectivity index (χ1v) is 7.11. The van der Waals surface area contributed by atoms with Crippen LogP contribution in [0.15, 0.2) is 12.1 Å². The number of hydrogen-bond acceptors (Lipinski definition) is 4. The quantitative estimate of drug-likeness (QED) is 0.863. The molecule has 0 bridgehead atoms. The second-order valence-electron chi connectivity index (χ2n) is 5.58. The molecule has 2 unspecified atom stereocenters. The molecule has 2 aliphatic heterocycles. The molecule has 2 atom stereocenters. The lowest BCUT2D eigenvalue weighted by Gasteiger charge is -2.36. The molecule has 2 aliphatic rings. The smallest absolute Gasteiger partial charge is 0.151 e. The van der Waals surface area contributed by atoms with E-state index < -0.39 is 0 Å². The summed E-state index contributed by atoms with van der Waals surface area (Å²) >= 11 is 0. The Balaban J connectivity index is 1.67. The zero-order valence-electron chi connectivity index (χ0n) is 11.1. The van der Waals surface area contributed by atoms with Crippen LogP contribution < -0.4 is 10.2 Å². The Morgan fingerprint density at radius 2 is 2.17 bits per heavy atom. The predicted octanol–water partition coefficient (Wildman–Crippen LogP) is 1.75. The van der Waals surface area contributed by atoms with Crippen molar-refractivity contribution in [1.82, 2.24) is 15.5 Å². The van der Waals surface area contributed by atoms with Gasteiger partial charge in [-0.25, -0.2) is 0 Å². The minimum absolute atomic E-state index is 0.728. The Labute approximate surface area is 109 Å². The Bertz CT molecular complexity index is 383. The summed E-state index contributed by atoms with van der Waals surface area (Å²) in [5.74, 6) is 1.83. The molecule has 0 spiro atoms. The SMILES string of the molecule is Cc1ccc(N2CCCC(C3CCCN3)C2)nn1. The summed E-state index contributed by atoms with van der Waals surface area (Å²) < 4.78 is 0. The van der Waals surface area contributed by atoms with E-state index in [0.717, 1.165) is 36.6 Å². The monoisotopic (exact) mass is 246 g/mol. The van der Waals surface area contributed by atoms with Gasteiger partial charge in [0.1, 0.15) is 0 Å². The second kappa shape index (κ2) is 5.22. The maximum Gasteiger partial charge on any atom is 0.151 e. The standard InChI is InChI=1S/C14H22N4/c1-11-6-7-14(17-16-11)18-9-3-4-12(10-18)13-5-2-8-15-13/h6-7,12-13,15H,2-5,8-10H2,1H3. The number of aryl methyl sites for hydroxylation is 1. The molecular weight excluding hydrogens is 224 g/mol. The molecule has 4 heteroatoms. The third-order valence-corrected chi connectivity index (χ3v) is 4.23. The van der Waals surface area contributed by atoms with Crippen molar-refractivity contribution in [1.29, 1.82) is 0 Å². The van der Waals surface area contributed by atoms with Gasteiger partial charge in [0, 0.05) is 19.1 Å². The number of hydrogen-bond donors (Lipinski definition) is 1. The first-order chi connectivity index (χ1) is 8.83. The Kier molecular flexibility index (Phi) is 3.46. The third-order valence-electron chi connectivity index (χ3n) is 4.23. The molecule has 0 radical (unpaired) electrons. The van der Waals surface area contributed by atoms with Crippen LogP contribution in [0.5, 0.6) is 0 Å². The van der Waals surface area contributed by atoms with E-state index in [4.69, 9.17) is 0 Å². The number of piperidine rings is 1. The van der Waals surface area contributed by atoms with Crippen LogP contribution in [0.2, 0.25) is 0 Å². The van der Waals surface area contributed by atoms with Gasteiger partial charge in [0.25, 0.3) is 0 Å². The molecule has 0 amide bonds. The highest BCUT2D eigenvalue weighted by atomic mass is 15.3. The van der Waals surface area contributed by atoms with Crippen molar-refractivity contribution in [2.24, 2.45) is 5.92 Å². The Hall–Kier alpha value is -1.16. The Morgan fingerprint density at radius 3 is 2.89 bits per heavy atom. The molecule has 2 saturated heterocycles. The van der Waals surface area contributed by atoms with Gasteiger partial charge in [0.15, 0.2) is 5.82 Å². The van der Waals surface area contributed by atoms with Crippen LogP contribution in [0.25, 0.3) is 0 Å². The summed E-state index contributed by atoms with van der Waals surface area (Å²) in [4.78, 5) is 2.40. The van der Waals surface area contributed by atoms with Gasteiger partial charge >= 0.3 is 0 Å².